The summed E-state index contributed by atoms with van der Waals surface area (Å²) in [4.78, 5) is 15.6. The minimum atomic E-state index is -0.552. The lowest BCUT2D eigenvalue weighted by molar-refractivity contribution is 0.228. The van der Waals surface area contributed by atoms with Crippen LogP contribution in [0, 0.1) is 29.7 Å². The van der Waals surface area contributed by atoms with Gasteiger partial charge in [0.2, 0.25) is 5.70 Å². The molecule has 8 nitrogen and oxygen atoms in total. The van der Waals surface area contributed by atoms with E-state index in [9.17, 15) is 11.8 Å². The van der Waals surface area contributed by atoms with Crippen LogP contribution in [0.5, 0.6) is 11.5 Å². The van der Waals surface area contributed by atoms with E-state index in [-0.39, 0.29) is 0 Å². The molecule has 2 unspecified atom stereocenters. The highest BCUT2D eigenvalue weighted by atomic mass is 16.5. The maximum Gasteiger partial charge on any atom is 0.328 e. The molecule has 2 atom stereocenters. The van der Waals surface area contributed by atoms with Gasteiger partial charge in [0.05, 0.1) is 47.6 Å². The van der Waals surface area contributed by atoms with Gasteiger partial charge in [0.15, 0.2) is 0 Å². The van der Waals surface area contributed by atoms with Gasteiger partial charge >= 0.3 is 13.7 Å². The summed E-state index contributed by atoms with van der Waals surface area (Å²) < 4.78 is 18.8. The van der Waals surface area contributed by atoms with E-state index in [1.54, 1.807) is 0 Å². The highest BCUT2D eigenvalue weighted by Crippen LogP contribution is 2.39. The monoisotopic (exact) mass is 1190 g/mol. The molecule has 0 N–H and O–H groups in total. The van der Waals surface area contributed by atoms with Crippen LogP contribution in [0.3, 0.4) is 0 Å². The lowest BCUT2D eigenvalue weighted by Gasteiger charge is -2.25. The Morgan fingerprint density at radius 2 is 0.901 bits per heavy atom. The Balaban J connectivity index is 1.37. The summed E-state index contributed by atoms with van der Waals surface area (Å²) in [5, 5.41) is 17.4. The fourth-order valence-electron chi connectivity index (χ4n) is 13.4. The first kappa shape index (κ1) is 61.1. The third kappa shape index (κ3) is 13.0. The van der Waals surface area contributed by atoms with Crippen LogP contribution < -0.4 is 42.0 Å². The smallest absolute Gasteiger partial charge is 0.328 e. The molecular weight excluding hydrogens is 1110 g/mol. The van der Waals surface area contributed by atoms with Gasteiger partial charge in [-0.05, 0) is 79.6 Å². The number of fused-ring (bicyclic) bond motifs is 3. The number of nitrogens with zero attached hydrogens (tertiary/aromatic N) is 6. The van der Waals surface area contributed by atoms with E-state index in [4.69, 9.17) is 24.3 Å². The number of rotatable bonds is 25. The molecule has 0 saturated carbocycles. The predicted octanol–water partition coefficient (Wildman–Crippen LogP) is 15.6. The number of para-hydroxylation sites is 2. The molecule has 10 heteroatoms. The average molecular weight is 1190 g/mol. The molecule has 0 radical (unpaired) electrons. The van der Waals surface area contributed by atoms with Crippen molar-refractivity contribution in [2.24, 2.45) is 11.8 Å². The lowest BCUT2D eigenvalue weighted by atomic mass is 9.50. The van der Waals surface area contributed by atoms with E-state index in [2.05, 4.69) is 237 Å². The van der Waals surface area contributed by atoms with Crippen molar-refractivity contribution < 1.29 is 9.47 Å². The minimum Gasteiger partial charge on any atom is -0.493 e. The van der Waals surface area contributed by atoms with Crippen LogP contribution in [0.4, 0.5) is 0 Å². The minimum absolute atomic E-state index is 0.349. The Kier molecular flexibility index (Phi) is 19.5. The Morgan fingerprint density at radius 1 is 0.473 bits per heavy atom. The predicted molar refractivity (Wildman–Crippen MR) is 380 cm³/mol. The Hall–Kier alpha value is -10.2. The third-order valence-electron chi connectivity index (χ3n) is 17.9. The second-order valence-corrected chi connectivity index (χ2v) is 23.9. The molecule has 0 aliphatic heterocycles. The standard InChI is InChI=1S/C81H76B2N6O2/c1-6-10-31-58(9-4)56-90-68-45-28-35-62(53-68)78-75-76(81(77(85-5)74-52-50-61-34-25-27-48-72(61)87-74)89(78)83(66-41-20-14-21-42-66)67-43-22-15-23-44-67)79(63-36-29-46-69(54-63)91-57-59(30-8-3)32-11-7-2)88(82(64-37-16-12-17-38-64)65-39-18-13-19-40-65)80(75)70(55-84)73-51-49-60-33-24-26-47-71(60)86-73/h12-29,33-54,58-59H,6-11,30-32,56-57H2,1-4H3/b80-70-,81-77+. The van der Waals surface area contributed by atoms with Crippen molar-refractivity contribution in [3.8, 4) is 40.1 Å². The fourth-order valence-corrected chi connectivity index (χ4v) is 13.4. The van der Waals surface area contributed by atoms with Crippen LogP contribution in [-0.2, 0) is 0 Å². The van der Waals surface area contributed by atoms with E-state index in [0.29, 0.717) is 58.4 Å². The third-order valence-corrected chi connectivity index (χ3v) is 17.9. The van der Waals surface area contributed by atoms with Crippen molar-refractivity contribution in [3.63, 3.8) is 0 Å². The molecular formula is C81H76B2N6O2. The molecule has 448 valence electrons. The van der Waals surface area contributed by atoms with Gasteiger partial charge in [0, 0.05) is 49.4 Å². The van der Waals surface area contributed by atoms with Crippen LogP contribution in [-0.4, -0.2) is 45.8 Å². The summed E-state index contributed by atoms with van der Waals surface area (Å²) in [5.74, 6) is 2.24. The van der Waals surface area contributed by atoms with Gasteiger partial charge in [-0.3, -0.25) is 4.98 Å². The lowest BCUT2D eigenvalue weighted by Crippen LogP contribution is -2.54. The summed E-state index contributed by atoms with van der Waals surface area (Å²) in [5.41, 5.74) is 10.6. The zero-order valence-electron chi connectivity index (χ0n) is 52.7. The molecule has 4 aromatic heterocycles. The molecule has 0 bridgehead atoms. The first-order chi connectivity index (χ1) is 44.9. The number of ether oxygens (including phenoxy) is 2. The van der Waals surface area contributed by atoms with Crippen LogP contribution in [0.25, 0.3) is 71.2 Å². The summed E-state index contributed by atoms with van der Waals surface area (Å²) in [7, 11) is 0. The van der Waals surface area contributed by atoms with E-state index < -0.39 is 13.7 Å². The van der Waals surface area contributed by atoms with E-state index in [0.717, 1.165) is 146 Å². The van der Waals surface area contributed by atoms with Crippen LogP contribution >= 0.6 is 0 Å². The molecule has 0 fully saturated rings. The van der Waals surface area contributed by atoms with Gasteiger partial charge in [-0.25, -0.2) is 9.83 Å². The van der Waals surface area contributed by atoms with Crippen molar-refractivity contribution in [1.82, 2.24) is 18.9 Å². The second-order valence-electron chi connectivity index (χ2n) is 23.9. The van der Waals surface area contributed by atoms with E-state index in [1.807, 2.05) is 48.5 Å². The van der Waals surface area contributed by atoms with E-state index >= 15 is 0 Å². The normalized spacial score (nSPS) is 12.7. The van der Waals surface area contributed by atoms with Gasteiger partial charge < -0.3 is 18.4 Å². The molecule has 4 heterocycles. The second kappa shape index (κ2) is 29.0. The van der Waals surface area contributed by atoms with Crippen molar-refractivity contribution >= 4 is 79.4 Å². The molecule has 12 rings (SSSR count). The van der Waals surface area contributed by atoms with E-state index in [1.165, 1.54) is 0 Å². The number of benzene rings is 8. The van der Waals surface area contributed by atoms with Gasteiger partial charge in [0.1, 0.15) is 23.1 Å². The van der Waals surface area contributed by atoms with Gasteiger partial charge in [0.25, 0.3) is 0 Å². The molecule has 0 spiro atoms. The SMILES string of the molecule is [C-]#[N+]/C(c1ccc2ccccc2n1)=c1\c2c(-c3cccc(OCC(CCC)CCCC)c3)n(B(c3ccccc3)c3ccccc3)/c(=C(/C#N)c3ccc4ccccc4n3)c2c(-c2cccc(OCC(CC)CCCC)c2)n1B(c1ccccc1)c1ccccc1. The Labute approximate surface area is 536 Å². The molecule has 0 aliphatic carbocycles. The van der Waals surface area contributed by atoms with Gasteiger partial charge in [-0.2, -0.15) is 5.26 Å². The van der Waals surface area contributed by atoms with Crippen molar-refractivity contribution in [2.45, 2.75) is 85.5 Å². The topological polar surface area (TPSA) is 82.2 Å². The highest BCUT2D eigenvalue weighted by molar-refractivity contribution is 6.85. The number of hydrogen-bond donors (Lipinski definition) is 0. The van der Waals surface area contributed by atoms with Crippen molar-refractivity contribution in [3.05, 3.63) is 276 Å². The van der Waals surface area contributed by atoms with Gasteiger partial charge in [-0.15, -0.1) is 0 Å². The Bertz CT molecular complexity index is 4510. The summed E-state index contributed by atoms with van der Waals surface area (Å²) >= 11 is 0. The highest BCUT2D eigenvalue weighted by Gasteiger charge is 2.37. The quantitative estimate of drug-likeness (QED) is 0.0421. The van der Waals surface area contributed by atoms with Crippen LogP contribution in [0.1, 0.15) is 96.9 Å². The molecule has 0 aliphatic rings. The number of aromatic nitrogens is 4. The largest absolute Gasteiger partial charge is 0.493 e. The van der Waals surface area contributed by atoms with Crippen molar-refractivity contribution in [1.29, 1.82) is 5.26 Å². The molecule has 0 saturated heterocycles. The average Bonchev–Trinajstić information content (AvgIpc) is 1.53. The molecule has 8 aromatic carbocycles. The molecule has 12 aromatic rings. The van der Waals surface area contributed by atoms with Crippen molar-refractivity contribution in [2.75, 3.05) is 13.2 Å². The molecule has 91 heavy (non-hydrogen) atoms. The van der Waals surface area contributed by atoms with Gasteiger partial charge in [-0.1, -0.05) is 282 Å². The fraction of sp³-hybridized carbons (Fsp3) is 0.210. The number of hydrogen-bond acceptors (Lipinski definition) is 5. The van der Waals surface area contributed by atoms with Crippen LogP contribution in [0.2, 0.25) is 0 Å². The maximum absolute atomic E-state index is 12.6. The first-order valence-electron chi connectivity index (χ1n) is 32.7. The zero-order chi connectivity index (χ0) is 62.5. The first-order valence-corrected chi connectivity index (χ1v) is 32.7. The number of nitriles is 1. The molecule has 0 amide bonds. The van der Waals surface area contributed by atoms with Crippen LogP contribution in [0.15, 0.2) is 243 Å². The maximum atomic E-state index is 12.6. The Morgan fingerprint density at radius 3 is 1.36 bits per heavy atom. The summed E-state index contributed by atoms with van der Waals surface area (Å²) in [6, 6.07) is 86.7. The number of pyridine rings is 2. The summed E-state index contributed by atoms with van der Waals surface area (Å²) in [6.45, 7) is 18.9. The summed E-state index contributed by atoms with van der Waals surface area (Å²) in [6.07, 6.45) is 9.84. The number of unbranched alkanes of at least 4 members (excludes halogenated alkanes) is 2. The zero-order valence-corrected chi connectivity index (χ0v) is 52.7.